The van der Waals surface area contributed by atoms with Crippen molar-refractivity contribution in [1.82, 2.24) is 13.1 Å². The largest absolute Gasteiger partial charge is 0.480 e. The molecule has 1 heterocycles. The van der Waals surface area contributed by atoms with Crippen molar-refractivity contribution in [3.8, 4) is 0 Å². The number of fused-ring (bicyclic) bond motifs is 1. The van der Waals surface area contributed by atoms with E-state index in [9.17, 15) is 13.2 Å². The zero-order chi connectivity index (χ0) is 14.9. The quantitative estimate of drug-likeness (QED) is 0.889. The summed E-state index contributed by atoms with van der Waals surface area (Å²) in [6.45, 7) is 2.66. The number of hydrogen-bond donors (Lipinski definition) is 1. The van der Waals surface area contributed by atoms with E-state index in [-0.39, 0.29) is 10.4 Å². The standard InChI is InChI=1S/C11H13N3O4S2/c1-7(2)14(6-10(15)16)20(17,18)9-5-3-4-8-11(9)13-19-12-8/h3-5,7H,6H2,1-2H3,(H,15,16). The van der Waals surface area contributed by atoms with Crippen molar-refractivity contribution in [1.29, 1.82) is 0 Å². The monoisotopic (exact) mass is 315 g/mol. The maximum absolute atomic E-state index is 12.6. The fourth-order valence-electron chi connectivity index (χ4n) is 1.79. The zero-order valence-corrected chi connectivity index (χ0v) is 12.5. The third-order valence-corrected chi connectivity index (χ3v) is 5.30. The Balaban J connectivity index is 2.58. The Hall–Kier alpha value is -1.58. The van der Waals surface area contributed by atoms with Crippen LogP contribution in [0.3, 0.4) is 0 Å². The molecule has 1 aromatic carbocycles. The average molecular weight is 315 g/mol. The summed E-state index contributed by atoms with van der Waals surface area (Å²) in [7, 11) is -3.94. The minimum Gasteiger partial charge on any atom is -0.480 e. The minimum atomic E-state index is -3.94. The third kappa shape index (κ3) is 2.65. The lowest BCUT2D eigenvalue weighted by molar-refractivity contribution is -0.137. The van der Waals surface area contributed by atoms with Crippen LogP contribution in [0.1, 0.15) is 13.8 Å². The molecule has 0 fully saturated rings. The van der Waals surface area contributed by atoms with Crippen LogP contribution in [0, 0.1) is 0 Å². The highest BCUT2D eigenvalue weighted by Gasteiger charge is 2.31. The van der Waals surface area contributed by atoms with Crippen LogP contribution in [-0.2, 0) is 14.8 Å². The number of aliphatic carboxylic acids is 1. The van der Waals surface area contributed by atoms with E-state index < -0.39 is 28.6 Å². The number of carboxylic acid groups (broad SMARTS) is 1. The van der Waals surface area contributed by atoms with Crippen LogP contribution in [0.2, 0.25) is 0 Å². The van der Waals surface area contributed by atoms with Gasteiger partial charge < -0.3 is 5.11 Å². The lowest BCUT2D eigenvalue weighted by atomic mass is 10.3. The molecule has 0 amide bonds. The number of carbonyl (C=O) groups is 1. The number of carboxylic acids is 1. The van der Waals surface area contributed by atoms with Crippen molar-refractivity contribution in [2.24, 2.45) is 0 Å². The molecule has 0 aliphatic rings. The maximum Gasteiger partial charge on any atom is 0.318 e. The van der Waals surface area contributed by atoms with Crippen LogP contribution < -0.4 is 0 Å². The topological polar surface area (TPSA) is 100 Å². The fourth-order valence-corrected chi connectivity index (χ4v) is 4.13. The van der Waals surface area contributed by atoms with E-state index in [1.165, 1.54) is 6.07 Å². The van der Waals surface area contributed by atoms with Gasteiger partial charge in [0.2, 0.25) is 10.0 Å². The Kier molecular flexibility index (Phi) is 4.02. The summed E-state index contributed by atoms with van der Waals surface area (Å²) in [6.07, 6.45) is 0. The van der Waals surface area contributed by atoms with E-state index in [4.69, 9.17) is 5.11 Å². The molecule has 0 unspecified atom stereocenters. The molecule has 0 saturated heterocycles. The van der Waals surface area contributed by atoms with Crippen molar-refractivity contribution in [3.05, 3.63) is 18.2 Å². The van der Waals surface area contributed by atoms with Gasteiger partial charge in [0.25, 0.3) is 0 Å². The lowest BCUT2D eigenvalue weighted by Gasteiger charge is -2.24. The number of nitrogens with zero attached hydrogens (tertiary/aromatic N) is 3. The SMILES string of the molecule is CC(C)N(CC(=O)O)S(=O)(=O)c1cccc2nsnc12. The van der Waals surface area contributed by atoms with E-state index in [0.29, 0.717) is 5.52 Å². The van der Waals surface area contributed by atoms with Gasteiger partial charge in [0.1, 0.15) is 22.5 Å². The molecule has 0 radical (unpaired) electrons. The summed E-state index contributed by atoms with van der Waals surface area (Å²) >= 11 is 0.918. The summed E-state index contributed by atoms with van der Waals surface area (Å²) in [4.78, 5) is 10.9. The van der Waals surface area contributed by atoms with E-state index in [1.807, 2.05) is 0 Å². The zero-order valence-electron chi connectivity index (χ0n) is 10.8. The van der Waals surface area contributed by atoms with Crippen molar-refractivity contribution < 1.29 is 18.3 Å². The molecule has 1 N–H and O–H groups in total. The van der Waals surface area contributed by atoms with Crippen molar-refractivity contribution in [2.75, 3.05) is 6.54 Å². The van der Waals surface area contributed by atoms with Gasteiger partial charge in [-0.15, -0.1) is 0 Å². The smallest absolute Gasteiger partial charge is 0.318 e. The van der Waals surface area contributed by atoms with E-state index in [1.54, 1.807) is 26.0 Å². The van der Waals surface area contributed by atoms with Crippen LogP contribution >= 0.6 is 11.7 Å². The van der Waals surface area contributed by atoms with Crippen molar-refractivity contribution in [2.45, 2.75) is 24.8 Å². The Labute approximate surface area is 120 Å². The molecular formula is C11H13N3O4S2. The summed E-state index contributed by atoms with van der Waals surface area (Å²) in [6, 6.07) is 4.17. The molecule has 0 bridgehead atoms. The molecule has 7 nitrogen and oxygen atoms in total. The molecule has 108 valence electrons. The average Bonchev–Trinajstić information content (AvgIpc) is 2.82. The first-order chi connectivity index (χ1) is 9.34. The summed E-state index contributed by atoms with van der Waals surface area (Å²) in [5, 5.41) is 8.88. The molecule has 0 aliphatic heterocycles. The number of rotatable bonds is 5. The highest BCUT2D eigenvalue weighted by molar-refractivity contribution is 7.89. The highest BCUT2D eigenvalue weighted by Crippen LogP contribution is 2.25. The third-order valence-electron chi connectivity index (χ3n) is 2.70. The van der Waals surface area contributed by atoms with Gasteiger partial charge in [0, 0.05) is 6.04 Å². The summed E-state index contributed by atoms with van der Waals surface area (Å²) < 4.78 is 34.1. The van der Waals surface area contributed by atoms with Crippen LogP contribution in [0.4, 0.5) is 0 Å². The maximum atomic E-state index is 12.6. The Bertz CT molecular complexity index is 739. The van der Waals surface area contributed by atoms with Crippen LogP contribution in [-0.4, -0.2) is 45.1 Å². The van der Waals surface area contributed by atoms with E-state index in [0.717, 1.165) is 16.0 Å². The second-order valence-corrected chi connectivity index (χ2v) is 6.81. The molecule has 2 aromatic rings. The Morgan fingerprint density at radius 2 is 2.10 bits per heavy atom. The predicted molar refractivity (Wildman–Crippen MR) is 74.1 cm³/mol. The number of benzene rings is 1. The summed E-state index contributed by atoms with van der Waals surface area (Å²) in [5.74, 6) is -1.20. The van der Waals surface area contributed by atoms with E-state index >= 15 is 0 Å². The molecule has 0 atom stereocenters. The van der Waals surface area contributed by atoms with Gasteiger partial charge in [-0.2, -0.15) is 13.1 Å². The Morgan fingerprint density at radius 1 is 1.40 bits per heavy atom. The number of hydrogen-bond acceptors (Lipinski definition) is 6. The second-order valence-electron chi connectivity index (χ2n) is 4.43. The molecular weight excluding hydrogens is 302 g/mol. The molecule has 20 heavy (non-hydrogen) atoms. The molecule has 9 heteroatoms. The first-order valence-electron chi connectivity index (χ1n) is 5.79. The molecule has 2 rings (SSSR count). The molecule has 0 aliphatic carbocycles. The van der Waals surface area contributed by atoms with Gasteiger partial charge in [0.15, 0.2) is 0 Å². The lowest BCUT2D eigenvalue weighted by Crippen LogP contribution is -2.40. The van der Waals surface area contributed by atoms with Gasteiger partial charge in [-0.3, -0.25) is 4.79 Å². The van der Waals surface area contributed by atoms with Crippen molar-refractivity contribution >= 4 is 38.8 Å². The second kappa shape index (κ2) is 5.43. The molecule has 1 aromatic heterocycles. The normalized spacial score (nSPS) is 12.4. The first kappa shape index (κ1) is 14.8. The molecule has 0 saturated carbocycles. The van der Waals surface area contributed by atoms with Gasteiger partial charge >= 0.3 is 5.97 Å². The van der Waals surface area contributed by atoms with Crippen LogP contribution in [0.25, 0.3) is 11.0 Å². The first-order valence-corrected chi connectivity index (χ1v) is 7.96. The van der Waals surface area contributed by atoms with Gasteiger partial charge in [-0.1, -0.05) is 6.07 Å². The number of aromatic nitrogens is 2. The molecule has 0 spiro atoms. The fraction of sp³-hybridized carbons (Fsp3) is 0.364. The van der Waals surface area contributed by atoms with Gasteiger partial charge in [0.05, 0.1) is 11.7 Å². The van der Waals surface area contributed by atoms with Gasteiger partial charge in [-0.05, 0) is 26.0 Å². The predicted octanol–water partition coefficient (Wildman–Crippen LogP) is 1.17. The minimum absolute atomic E-state index is 0.0151. The van der Waals surface area contributed by atoms with Crippen LogP contribution in [0.5, 0.6) is 0 Å². The van der Waals surface area contributed by atoms with Crippen LogP contribution in [0.15, 0.2) is 23.1 Å². The highest BCUT2D eigenvalue weighted by atomic mass is 32.2. The Morgan fingerprint density at radius 3 is 2.70 bits per heavy atom. The summed E-state index contributed by atoms with van der Waals surface area (Å²) in [5.41, 5.74) is 0.753. The van der Waals surface area contributed by atoms with Crippen molar-refractivity contribution in [3.63, 3.8) is 0 Å². The van der Waals surface area contributed by atoms with E-state index in [2.05, 4.69) is 8.75 Å². The number of sulfonamides is 1. The van der Waals surface area contributed by atoms with Gasteiger partial charge in [-0.25, -0.2) is 8.42 Å².